The SMILES string of the molecule is CCc1nncn1CCNC(CC)C1CC1. The van der Waals surface area contributed by atoms with E-state index in [-0.39, 0.29) is 0 Å². The molecular weight excluding hydrogens is 200 g/mol. The molecule has 0 saturated heterocycles. The summed E-state index contributed by atoms with van der Waals surface area (Å²) in [4.78, 5) is 0. The van der Waals surface area contributed by atoms with Gasteiger partial charge in [0.15, 0.2) is 0 Å². The number of rotatable bonds is 7. The van der Waals surface area contributed by atoms with Crippen LogP contribution in [0.5, 0.6) is 0 Å². The molecule has 16 heavy (non-hydrogen) atoms. The van der Waals surface area contributed by atoms with Crippen LogP contribution in [-0.2, 0) is 13.0 Å². The number of nitrogens with zero attached hydrogens (tertiary/aromatic N) is 3. The van der Waals surface area contributed by atoms with Crippen molar-refractivity contribution in [2.75, 3.05) is 6.54 Å². The molecule has 0 bridgehead atoms. The zero-order valence-corrected chi connectivity index (χ0v) is 10.3. The molecule has 0 aliphatic heterocycles. The van der Waals surface area contributed by atoms with Gasteiger partial charge in [0, 0.05) is 25.6 Å². The van der Waals surface area contributed by atoms with Crippen molar-refractivity contribution >= 4 is 0 Å². The molecule has 0 amide bonds. The molecule has 1 saturated carbocycles. The lowest BCUT2D eigenvalue weighted by Crippen LogP contribution is -2.33. The molecule has 0 aromatic carbocycles. The van der Waals surface area contributed by atoms with E-state index < -0.39 is 0 Å². The van der Waals surface area contributed by atoms with Gasteiger partial charge in [0.25, 0.3) is 0 Å². The van der Waals surface area contributed by atoms with Crippen LogP contribution in [-0.4, -0.2) is 27.4 Å². The molecule has 1 aromatic heterocycles. The number of nitrogens with one attached hydrogen (secondary N) is 1. The Morgan fingerprint density at radius 3 is 2.94 bits per heavy atom. The minimum Gasteiger partial charge on any atom is -0.316 e. The molecule has 4 nitrogen and oxygen atoms in total. The predicted molar refractivity (Wildman–Crippen MR) is 64.2 cm³/mol. The first kappa shape index (κ1) is 11.6. The Kier molecular flexibility index (Phi) is 3.93. The summed E-state index contributed by atoms with van der Waals surface area (Å²) in [6, 6.07) is 0.724. The first-order valence-corrected chi connectivity index (χ1v) is 6.45. The summed E-state index contributed by atoms with van der Waals surface area (Å²) in [5, 5.41) is 11.7. The molecule has 1 aromatic rings. The van der Waals surface area contributed by atoms with Gasteiger partial charge in [0.05, 0.1) is 0 Å². The van der Waals surface area contributed by atoms with Crippen molar-refractivity contribution in [2.24, 2.45) is 5.92 Å². The second-order valence-corrected chi connectivity index (χ2v) is 4.60. The first-order valence-electron chi connectivity index (χ1n) is 6.45. The Labute approximate surface area is 97.5 Å². The fraction of sp³-hybridized carbons (Fsp3) is 0.833. The molecule has 4 heteroatoms. The van der Waals surface area contributed by atoms with Gasteiger partial charge in [0.1, 0.15) is 12.2 Å². The number of aromatic nitrogens is 3. The summed E-state index contributed by atoms with van der Waals surface area (Å²) >= 11 is 0. The number of hydrogen-bond donors (Lipinski definition) is 1. The predicted octanol–water partition coefficient (Wildman–Crippen LogP) is 1.62. The lowest BCUT2D eigenvalue weighted by molar-refractivity contribution is 0.433. The molecule has 1 aliphatic carbocycles. The Hall–Kier alpha value is -0.900. The van der Waals surface area contributed by atoms with E-state index in [0.29, 0.717) is 0 Å². The Morgan fingerprint density at radius 1 is 1.50 bits per heavy atom. The van der Waals surface area contributed by atoms with Gasteiger partial charge in [-0.25, -0.2) is 0 Å². The van der Waals surface area contributed by atoms with Crippen LogP contribution >= 0.6 is 0 Å². The lowest BCUT2D eigenvalue weighted by atomic mass is 10.1. The Bertz CT molecular complexity index is 317. The van der Waals surface area contributed by atoms with Crippen molar-refractivity contribution in [3.05, 3.63) is 12.2 Å². The maximum Gasteiger partial charge on any atom is 0.132 e. The van der Waals surface area contributed by atoms with Crippen LogP contribution in [0.3, 0.4) is 0 Å². The van der Waals surface area contributed by atoms with Crippen LogP contribution in [0.2, 0.25) is 0 Å². The quantitative estimate of drug-likeness (QED) is 0.762. The first-order chi connectivity index (χ1) is 7.85. The van der Waals surface area contributed by atoms with Gasteiger partial charge >= 0.3 is 0 Å². The van der Waals surface area contributed by atoms with E-state index in [9.17, 15) is 0 Å². The zero-order valence-electron chi connectivity index (χ0n) is 10.3. The smallest absolute Gasteiger partial charge is 0.132 e. The van der Waals surface area contributed by atoms with Crippen molar-refractivity contribution < 1.29 is 0 Å². The molecule has 90 valence electrons. The molecule has 1 aliphatic rings. The van der Waals surface area contributed by atoms with Crippen LogP contribution in [0.1, 0.15) is 38.9 Å². The normalized spacial score (nSPS) is 17.6. The van der Waals surface area contributed by atoms with E-state index in [2.05, 4.69) is 33.9 Å². The molecule has 2 rings (SSSR count). The third kappa shape index (κ3) is 2.82. The van der Waals surface area contributed by atoms with Crippen molar-refractivity contribution in [1.82, 2.24) is 20.1 Å². The number of hydrogen-bond acceptors (Lipinski definition) is 3. The molecular formula is C12H22N4. The zero-order chi connectivity index (χ0) is 11.4. The molecule has 0 spiro atoms. The summed E-state index contributed by atoms with van der Waals surface area (Å²) in [5.41, 5.74) is 0. The highest BCUT2D eigenvalue weighted by Gasteiger charge is 2.29. The second-order valence-electron chi connectivity index (χ2n) is 4.60. The maximum atomic E-state index is 4.09. The molecule has 1 N–H and O–H groups in total. The van der Waals surface area contributed by atoms with Crippen molar-refractivity contribution in [2.45, 2.75) is 52.1 Å². The van der Waals surface area contributed by atoms with Crippen LogP contribution in [0, 0.1) is 5.92 Å². The third-order valence-electron chi connectivity index (χ3n) is 3.40. The lowest BCUT2D eigenvalue weighted by Gasteiger charge is -2.16. The Balaban J connectivity index is 1.74. The van der Waals surface area contributed by atoms with E-state index >= 15 is 0 Å². The van der Waals surface area contributed by atoms with Crippen molar-refractivity contribution in [1.29, 1.82) is 0 Å². The molecule has 0 radical (unpaired) electrons. The van der Waals surface area contributed by atoms with Gasteiger partial charge < -0.3 is 9.88 Å². The molecule has 1 atom stereocenters. The topological polar surface area (TPSA) is 42.7 Å². The van der Waals surface area contributed by atoms with Crippen LogP contribution in [0.4, 0.5) is 0 Å². The van der Waals surface area contributed by atoms with Crippen molar-refractivity contribution in [3.8, 4) is 0 Å². The van der Waals surface area contributed by atoms with Crippen LogP contribution in [0.25, 0.3) is 0 Å². The average molecular weight is 222 g/mol. The largest absolute Gasteiger partial charge is 0.316 e. The Morgan fingerprint density at radius 2 is 2.31 bits per heavy atom. The minimum atomic E-state index is 0.724. The minimum absolute atomic E-state index is 0.724. The van der Waals surface area contributed by atoms with Gasteiger partial charge in [-0.3, -0.25) is 0 Å². The van der Waals surface area contributed by atoms with Gasteiger partial charge in [-0.15, -0.1) is 10.2 Å². The molecule has 1 unspecified atom stereocenters. The summed E-state index contributed by atoms with van der Waals surface area (Å²) in [6.45, 7) is 6.40. The van der Waals surface area contributed by atoms with E-state index in [1.807, 2.05) is 6.33 Å². The van der Waals surface area contributed by atoms with Crippen molar-refractivity contribution in [3.63, 3.8) is 0 Å². The summed E-state index contributed by atoms with van der Waals surface area (Å²) in [7, 11) is 0. The van der Waals surface area contributed by atoms with E-state index in [0.717, 1.165) is 37.3 Å². The van der Waals surface area contributed by atoms with Gasteiger partial charge in [-0.2, -0.15) is 0 Å². The molecule has 1 fully saturated rings. The fourth-order valence-electron chi connectivity index (χ4n) is 2.25. The fourth-order valence-corrected chi connectivity index (χ4v) is 2.25. The monoisotopic (exact) mass is 222 g/mol. The highest BCUT2D eigenvalue weighted by molar-refractivity contribution is 4.87. The average Bonchev–Trinajstić information content (AvgIpc) is 3.04. The molecule has 1 heterocycles. The van der Waals surface area contributed by atoms with Crippen LogP contribution in [0.15, 0.2) is 6.33 Å². The highest BCUT2D eigenvalue weighted by atomic mass is 15.3. The number of aryl methyl sites for hydroxylation is 1. The van der Waals surface area contributed by atoms with Gasteiger partial charge in [0.2, 0.25) is 0 Å². The summed E-state index contributed by atoms with van der Waals surface area (Å²) in [6.07, 6.45) is 6.86. The van der Waals surface area contributed by atoms with Gasteiger partial charge in [-0.05, 0) is 25.2 Å². The van der Waals surface area contributed by atoms with E-state index in [1.54, 1.807) is 0 Å². The standard InChI is InChI=1S/C12H22N4/c1-3-11(10-5-6-10)13-7-8-16-9-14-15-12(16)4-2/h9-11,13H,3-8H2,1-2H3. The highest BCUT2D eigenvalue weighted by Crippen LogP contribution is 2.33. The maximum absolute atomic E-state index is 4.09. The third-order valence-corrected chi connectivity index (χ3v) is 3.40. The van der Waals surface area contributed by atoms with Crippen LogP contribution < -0.4 is 5.32 Å². The second kappa shape index (κ2) is 5.43. The summed E-state index contributed by atoms with van der Waals surface area (Å²) in [5.74, 6) is 2.03. The summed E-state index contributed by atoms with van der Waals surface area (Å²) < 4.78 is 2.15. The van der Waals surface area contributed by atoms with E-state index in [4.69, 9.17) is 0 Å². The van der Waals surface area contributed by atoms with E-state index in [1.165, 1.54) is 19.3 Å². The van der Waals surface area contributed by atoms with Gasteiger partial charge in [-0.1, -0.05) is 13.8 Å².